The molecule has 3 heterocycles. The molecule has 1 atom stereocenters. The van der Waals surface area contributed by atoms with Gasteiger partial charge in [-0.3, -0.25) is 14.8 Å². The van der Waals surface area contributed by atoms with Gasteiger partial charge in [-0.1, -0.05) is 18.7 Å². The van der Waals surface area contributed by atoms with Crippen LogP contribution in [0.2, 0.25) is 0 Å². The van der Waals surface area contributed by atoms with E-state index in [-0.39, 0.29) is 12.2 Å². The van der Waals surface area contributed by atoms with Gasteiger partial charge in [-0.05, 0) is 18.4 Å². The minimum Gasteiger partial charge on any atom is -0.458 e. The smallest absolute Gasteiger partial charge is 0.337 e. The quantitative estimate of drug-likeness (QED) is 0.578. The Morgan fingerprint density at radius 3 is 2.88 bits per heavy atom. The van der Waals surface area contributed by atoms with Crippen LogP contribution in [0.15, 0.2) is 51.0 Å². The summed E-state index contributed by atoms with van der Waals surface area (Å²) in [5, 5.41) is 4.78. The van der Waals surface area contributed by atoms with Crippen molar-refractivity contribution in [3.05, 3.63) is 72.7 Å². The molecule has 0 saturated carbocycles. The van der Waals surface area contributed by atoms with E-state index in [0.29, 0.717) is 17.1 Å². The Morgan fingerprint density at radius 1 is 1.42 bits per heavy atom. The summed E-state index contributed by atoms with van der Waals surface area (Å²) in [6, 6.07) is 3.67. The number of esters is 1. The molecule has 2 aromatic rings. The zero-order valence-corrected chi connectivity index (χ0v) is 13.7. The molecule has 3 N–H and O–H groups in total. The van der Waals surface area contributed by atoms with Crippen molar-refractivity contribution in [2.75, 3.05) is 11.9 Å². The third kappa shape index (κ3) is 2.71. The summed E-state index contributed by atoms with van der Waals surface area (Å²) < 4.78 is 5.17. The van der Waals surface area contributed by atoms with E-state index in [2.05, 4.69) is 21.9 Å². The number of nitrogens with one attached hydrogen (secondary N) is 3. The van der Waals surface area contributed by atoms with Crippen LogP contribution in [0.25, 0.3) is 0 Å². The molecule has 0 radical (unpaired) electrons. The molecule has 8 heteroatoms. The van der Waals surface area contributed by atoms with Crippen LogP contribution in [0.5, 0.6) is 0 Å². The van der Waals surface area contributed by atoms with Gasteiger partial charge < -0.3 is 10.1 Å². The Bertz CT molecular complexity index is 937. The molecule has 0 saturated heterocycles. The lowest BCUT2D eigenvalue weighted by atomic mass is 9.86. The largest absolute Gasteiger partial charge is 0.458 e. The van der Waals surface area contributed by atoms with Crippen molar-refractivity contribution < 1.29 is 9.53 Å². The number of thiophene rings is 1. The summed E-state index contributed by atoms with van der Waals surface area (Å²) in [5.74, 6) is -0.853. The fraction of sp³-hybridized carbons (Fsp3) is 0.188. The summed E-state index contributed by atoms with van der Waals surface area (Å²) in [5.41, 5.74) is -0.00315. The van der Waals surface area contributed by atoms with Crippen LogP contribution in [0.3, 0.4) is 0 Å². The maximum atomic E-state index is 12.5. The van der Waals surface area contributed by atoms with Crippen LogP contribution in [0.1, 0.15) is 23.3 Å². The number of allylic oxidation sites excluding steroid dienone is 1. The zero-order valence-electron chi connectivity index (χ0n) is 12.8. The maximum Gasteiger partial charge on any atom is 0.337 e. The lowest BCUT2D eigenvalue weighted by Crippen LogP contribution is -2.34. The van der Waals surface area contributed by atoms with Gasteiger partial charge in [0.1, 0.15) is 12.4 Å². The van der Waals surface area contributed by atoms with Crippen molar-refractivity contribution in [2.24, 2.45) is 0 Å². The van der Waals surface area contributed by atoms with E-state index in [0.717, 1.165) is 4.88 Å². The van der Waals surface area contributed by atoms with Crippen molar-refractivity contribution in [3.8, 4) is 0 Å². The first-order chi connectivity index (χ1) is 11.5. The summed E-state index contributed by atoms with van der Waals surface area (Å²) in [4.78, 5) is 42.0. The molecule has 0 aliphatic carbocycles. The normalized spacial score (nSPS) is 16.3. The van der Waals surface area contributed by atoms with E-state index in [4.69, 9.17) is 4.74 Å². The van der Waals surface area contributed by atoms with Crippen LogP contribution < -0.4 is 16.6 Å². The van der Waals surface area contributed by atoms with Gasteiger partial charge in [-0.15, -0.1) is 11.3 Å². The molecule has 0 fully saturated rings. The predicted octanol–water partition coefficient (Wildman–Crippen LogP) is 1.69. The van der Waals surface area contributed by atoms with Crippen LogP contribution in [0.4, 0.5) is 5.82 Å². The molecule has 0 bridgehead atoms. The number of aromatic nitrogens is 2. The number of fused-ring (bicyclic) bond motifs is 1. The van der Waals surface area contributed by atoms with Gasteiger partial charge in [-0.25, -0.2) is 9.59 Å². The predicted molar refractivity (Wildman–Crippen MR) is 91.3 cm³/mol. The SMILES string of the molecule is C=CCOC(=O)C1=C(C)Nc2[nH]c(=O)[nH]c(=O)c2[C@H]1c1cccs1. The number of anilines is 1. The Morgan fingerprint density at radius 2 is 2.21 bits per heavy atom. The highest BCUT2D eigenvalue weighted by Gasteiger charge is 2.36. The topological polar surface area (TPSA) is 104 Å². The first-order valence-corrected chi connectivity index (χ1v) is 8.06. The monoisotopic (exact) mass is 345 g/mol. The Labute approximate surface area is 140 Å². The average molecular weight is 345 g/mol. The minimum absolute atomic E-state index is 0.0710. The Hall–Kier alpha value is -2.87. The molecule has 0 aromatic carbocycles. The molecule has 1 aliphatic rings. The third-order valence-corrected chi connectivity index (χ3v) is 4.59. The third-order valence-electron chi connectivity index (χ3n) is 3.65. The molecule has 2 aromatic heterocycles. The van der Waals surface area contributed by atoms with Crippen LogP contribution >= 0.6 is 11.3 Å². The Balaban J connectivity index is 2.21. The molecule has 1 aliphatic heterocycles. The highest BCUT2D eigenvalue weighted by Crippen LogP contribution is 2.40. The molecule has 7 nitrogen and oxygen atoms in total. The number of carbonyl (C=O) groups excluding carboxylic acids is 1. The fourth-order valence-electron chi connectivity index (χ4n) is 2.71. The summed E-state index contributed by atoms with van der Waals surface area (Å²) in [7, 11) is 0. The van der Waals surface area contributed by atoms with Crippen molar-refractivity contribution >= 4 is 23.1 Å². The number of H-pyrrole nitrogens is 2. The van der Waals surface area contributed by atoms with Gasteiger partial charge >= 0.3 is 11.7 Å². The van der Waals surface area contributed by atoms with Gasteiger partial charge in [0.25, 0.3) is 5.56 Å². The molecule has 124 valence electrons. The van der Waals surface area contributed by atoms with E-state index in [9.17, 15) is 14.4 Å². The standard InChI is InChI=1S/C16H15N3O4S/c1-3-6-23-15(21)10-8(2)17-13-12(14(20)19-16(22)18-13)11(10)9-5-4-7-24-9/h3-5,7,11H,1,6H2,2H3,(H3,17,18,19,20,22)/t11-/m0/s1. The molecular weight excluding hydrogens is 330 g/mol. The van der Waals surface area contributed by atoms with Gasteiger partial charge in [0.05, 0.1) is 17.1 Å². The number of hydrogen-bond donors (Lipinski definition) is 3. The molecule has 0 amide bonds. The lowest BCUT2D eigenvalue weighted by Gasteiger charge is -2.27. The first kappa shape index (κ1) is 16.0. The zero-order chi connectivity index (χ0) is 17.3. The summed E-state index contributed by atoms with van der Waals surface area (Å²) in [6.07, 6.45) is 1.47. The molecule has 3 rings (SSSR count). The molecular formula is C16H15N3O4S. The lowest BCUT2D eigenvalue weighted by molar-refractivity contribution is -0.138. The summed E-state index contributed by atoms with van der Waals surface area (Å²) >= 11 is 1.42. The van der Waals surface area contributed by atoms with E-state index in [1.165, 1.54) is 17.4 Å². The van der Waals surface area contributed by atoms with E-state index in [1.54, 1.807) is 6.92 Å². The highest BCUT2D eigenvalue weighted by atomic mass is 32.1. The van der Waals surface area contributed by atoms with Gasteiger partial charge in [0, 0.05) is 10.6 Å². The van der Waals surface area contributed by atoms with Crippen LogP contribution in [0, 0.1) is 0 Å². The number of aromatic amines is 2. The second-order valence-corrected chi connectivity index (χ2v) is 6.18. The molecule has 0 spiro atoms. The number of rotatable bonds is 4. The second-order valence-electron chi connectivity index (χ2n) is 5.20. The minimum atomic E-state index is -0.612. The number of ether oxygens (including phenoxy) is 1. The average Bonchev–Trinajstić information content (AvgIpc) is 3.05. The van der Waals surface area contributed by atoms with Crippen molar-refractivity contribution in [1.82, 2.24) is 9.97 Å². The second kappa shape index (κ2) is 6.32. The van der Waals surface area contributed by atoms with E-state index >= 15 is 0 Å². The van der Waals surface area contributed by atoms with Crippen molar-refractivity contribution in [3.63, 3.8) is 0 Å². The Kier molecular flexibility index (Phi) is 4.22. The molecule has 0 unspecified atom stereocenters. The van der Waals surface area contributed by atoms with Crippen molar-refractivity contribution in [2.45, 2.75) is 12.8 Å². The first-order valence-electron chi connectivity index (χ1n) is 7.18. The van der Waals surface area contributed by atoms with Crippen molar-refractivity contribution in [1.29, 1.82) is 0 Å². The molecule has 24 heavy (non-hydrogen) atoms. The summed E-state index contributed by atoms with van der Waals surface area (Å²) in [6.45, 7) is 5.30. The van der Waals surface area contributed by atoms with Gasteiger partial charge in [-0.2, -0.15) is 0 Å². The van der Waals surface area contributed by atoms with E-state index < -0.39 is 23.1 Å². The van der Waals surface area contributed by atoms with E-state index in [1.807, 2.05) is 17.5 Å². The highest BCUT2D eigenvalue weighted by molar-refractivity contribution is 7.10. The number of hydrogen-bond acceptors (Lipinski definition) is 6. The van der Waals surface area contributed by atoms with Gasteiger partial charge in [0.15, 0.2) is 0 Å². The maximum absolute atomic E-state index is 12.5. The fourth-order valence-corrected chi connectivity index (χ4v) is 3.55. The van der Waals surface area contributed by atoms with Crippen LogP contribution in [-0.4, -0.2) is 22.5 Å². The number of carbonyl (C=O) groups is 1. The van der Waals surface area contributed by atoms with Crippen LogP contribution in [-0.2, 0) is 9.53 Å². The van der Waals surface area contributed by atoms with Gasteiger partial charge in [0.2, 0.25) is 0 Å².